The summed E-state index contributed by atoms with van der Waals surface area (Å²) in [5.74, 6) is 7.49. The van der Waals surface area contributed by atoms with Crippen molar-refractivity contribution in [3.8, 4) is 0 Å². The second-order valence-corrected chi connectivity index (χ2v) is 5.75. The second-order valence-electron chi connectivity index (χ2n) is 5.75. The van der Waals surface area contributed by atoms with Crippen LogP contribution in [0.1, 0.15) is 32.1 Å². The number of nitrogens with zero attached hydrogens (tertiary/aromatic N) is 1. The summed E-state index contributed by atoms with van der Waals surface area (Å²) in [4.78, 5) is 0. The summed E-state index contributed by atoms with van der Waals surface area (Å²) in [5.41, 5.74) is 0.569. The summed E-state index contributed by atoms with van der Waals surface area (Å²) < 4.78 is 0. The molecule has 16 heavy (non-hydrogen) atoms. The lowest BCUT2D eigenvalue weighted by Crippen LogP contribution is -2.49. The fourth-order valence-corrected chi connectivity index (χ4v) is 4.00. The van der Waals surface area contributed by atoms with Crippen LogP contribution in [0.2, 0.25) is 0 Å². The average Bonchev–Trinajstić information content (AvgIpc) is 2.34. The number of rotatable bonds is 0. The van der Waals surface area contributed by atoms with Gasteiger partial charge in [-0.15, -0.1) is 0 Å². The Bertz CT molecular complexity index is 311. The van der Waals surface area contributed by atoms with E-state index in [2.05, 4.69) is 24.3 Å². The molecule has 1 aliphatic heterocycles. The van der Waals surface area contributed by atoms with Crippen molar-refractivity contribution in [3.05, 3.63) is 24.3 Å². The summed E-state index contributed by atoms with van der Waals surface area (Å²) in [6.07, 6.45) is 16.2. The Labute approximate surface area is 98.2 Å². The number of hydrogen-bond donors (Lipinski definition) is 1. The Hall–Kier alpha value is -0.600. The molecule has 1 saturated heterocycles. The molecule has 1 heterocycles. The quantitative estimate of drug-likeness (QED) is 0.633. The van der Waals surface area contributed by atoms with Crippen LogP contribution >= 0.6 is 0 Å². The molecule has 3 rings (SSSR count). The van der Waals surface area contributed by atoms with E-state index < -0.39 is 0 Å². The third-order valence-electron chi connectivity index (χ3n) is 4.96. The molecule has 3 aliphatic rings. The predicted octanol–water partition coefficient (Wildman–Crippen LogP) is 2.48. The first-order valence-electron chi connectivity index (χ1n) is 6.65. The first kappa shape index (κ1) is 10.5. The molecule has 0 radical (unpaired) electrons. The van der Waals surface area contributed by atoms with E-state index in [-0.39, 0.29) is 0 Å². The Morgan fingerprint density at radius 3 is 2.62 bits per heavy atom. The second kappa shape index (κ2) is 4.01. The first-order valence-corrected chi connectivity index (χ1v) is 6.65. The minimum absolute atomic E-state index is 0.569. The normalized spacial score (nSPS) is 37.6. The lowest BCUT2D eigenvalue weighted by atomic mass is 9.57. The Morgan fingerprint density at radius 2 is 1.81 bits per heavy atom. The van der Waals surface area contributed by atoms with Crippen molar-refractivity contribution in [1.29, 1.82) is 0 Å². The Kier molecular flexibility index (Phi) is 2.64. The van der Waals surface area contributed by atoms with Gasteiger partial charge in [0.15, 0.2) is 0 Å². The summed E-state index contributed by atoms with van der Waals surface area (Å²) in [6.45, 7) is 2.17. The fraction of sp³-hybridized carbons (Fsp3) is 0.714. The van der Waals surface area contributed by atoms with Gasteiger partial charge in [-0.05, 0) is 42.9 Å². The van der Waals surface area contributed by atoms with Gasteiger partial charge < -0.3 is 0 Å². The molecule has 2 nitrogen and oxygen atoms in total. The van der Waals surface area contributed by atoms with Crippen molar-refractivity contribution in [2.24, 2.45) is 23.1 Å². The van der Waals surface area contributed by atoms with Crippen LogP contribution < -0.4 is 5.84 Å². The molecule has 2 atom stereocenters. The predicted molar refractivity (Wildman–Crippen MR) is 66.5 cm³/mol. The first-order chi connectivity index (χ1) is 7.80. The zero-order chi connectivity index (χ0) is 11.0. The number of fused-ring (bicyclic) bond motifs is 2. The van der Waals surface area contributed by atoms with E-state index in [1.807, 2.05) is 5.01 Å². The Balaban J connectivity index is 1.83. The van der Waals surface area contributed by atoms with E-state index >= 15 is 0 Å². The van der Waals surface area contributed by atoms with Crippen LogP contribution in [-0.2, 0) is 0 Å². The molecule has 2 unspecified atom stereocenters. The van der Waals surface area contributed by atoms with Gasteiger partial charge in [0.2, 0.25) is 0 Å². The van der Waals surface area contributed by atoms with Crippen LogP contribution in [-0.4, -0.2) is 18.1 Å². The molecular formula is C14H22N2. The lowest BCUT2D eigenvalue weighted by molar-refractivity contribution is 0.0155. The van der Waals surface area contributed by atoms with E-state index in [0.29, 0.717) is 5.41 Å². The van der Waals surface area contributed by atoms with Gasteiger partial charge >= 0.3 is 0 Å². The van der Waals surface area contributed by atoms with E-state index in [0.717, 1.165) is 24.9 Å². The van der Waals surface area contributed by atoms with Gasteiger partial charge in [-0.3, -0.25) is 5.84 Å². The highest BCUT2D eigenvalue weighted by Gasteiger charge is 2.45. The van der Waals surface area contributed by atoms with Crippen molar-refractivity contribution >= 4 is 0 Å². The summed E-state index contributed by atoms with van der Waals surface area (Å²) >= 11 is 0. The average molecular weight is 218 g/mol. The van der Waals surface area contributed by atoms with Crippen LogP contribution in [0.25, 0.3) is 0 Å². The SMILES string of the molecule is NN1CCC2(CCCC3C=CC=CC32)CC1. The van der Waals surface area contributed by atoms with Crippen molar-refractivity contribution in [2.75, 3.05) is 13.1 Å². The molecule has 1 spiro atoms. The van der Waals surface area contributed by atoms with Crippen LogP contribution in [0.3, 0.4) is 0 Å². The van der Waals surface area contributed by atoms with Gasteiger partial charge in [0.1, 0.15) is 0 Å². The number of piperidine rings is 1. The fourth-order valence-electron chi connectivity index (χ4n) is 4.00. The molecule has 0 aromatic carbocycles. The van der Waals surface area contributed by atoms with Gasteiger partial charge in [-0.1, -0.05) is 30.7 Å². The van der Waals surface area contributed by atoms with E-state index in [1.54, 1.807) is 0 Å². The molecule has 88 valence electrons. The van der Waals surface area contributed by atoms with E-state index in [1.165, 1.54) is 32.1 Å². The number of hydrazine groups is 1. The summed E-state index contributed by atoms with van der Waals surface area (Å²) in [5, 5.41) is 2.00. The standard InChI is InChI=1S/C14H22N2/c15-16-10-8-14(9-11-16)7-3-5-12-4-1-2-6-13(12)14/h1-2,4,6,12-13H,3,5,7-11,15H2. The zero-order valence-corrected chi connectivity index (χ0v) is 9.94. The van der Waals surface area contributed by atoms with Crippen molar-refractivity contribution in [2.45, 2.75) is 32.1 Å². The molecule has 2 fully saturated rings. The molecular weight excluding hydrogens is 196 g/mol. The van der Waals surface area contributed by atoms with Crippen LogP contribution in [0.4, 0.5) is 0 Å². The van der Waals surface area contributed by atoms with Gasteiger partial charge in [0.05, 0.1) is 0 Å². The largest absolute Gasteiger partial charge is 0.269 e. The molecule has 2 aliphatic carbocycles. The smallest absolute Gasteiger partial charge is 0.0134 e. The lowest BCUT2D eigenvalue weighted by Gasteiger charge is -2.51. The molecule has 0 amide bonds. The highest BCUT2D eigenvalue weighted by atomic mass is 15.4. The minimum Gasteiger partial charge on any atom is -0.269 e. The molecule has 0 bridgehead atoms. The van der Waals surface area contributed by atoms with Gasteiger partial charge in [-0.25, -0.2) is 5.01 Å². The van der Waals surface area contributed by atoms with E-state index in [9.17, 15) is 0 Å². The van der Waals surface area contributed by atoms with Crippen molar-refractivity contribution < 1.29 is 0 Å². The monoisotopic (exact) mass is 218 g/mol. The van der Waals surface area contributed by atoms with Gasteiger partial charge in [0.25, 0.3) is 0 Å². The van der Waals surface area contributed by atoms with Gasteiger partial charge in [-0.2, -0.15) is 0 Å². The summed E-state index contributed by atoms with van der Waals surface area (Å²) in [6, 6.07) is 0. The highest BCUT2D eigenvalue weighted by molar-refractivity contribution is 5.19. The van der Waals surface area contributed by atoms with Gasteiger partial charge in [0, 0.05) is 13.1 Å². The number of allylic oxidation sites excluding steroid dienone is 4. The highest BCUT2D eigenvalue weighted by Crippen LogP contribution is 2.52. The Morgan fingerprint density at radius 1 is 1.06 bits per heavy atom. The maximum absolute atomic E-state index is 5.89. The van der Waals surface area contributed by atoms with E-state index in [4.69, 9.17) is 5.84 Å². The molecule has 1 saturated carbocycles. The maximum atomic E-state index is 5.89. The topological polar surface area (TPSA) is 29.3 Å². The summed E-state index contributed by atoms with van der Waals surface area (Å²) in [7, 11) is 0. The van der Waals surface area contributed by atoms with Crippen LogP contribution in [0, 0.1) is 17.3 Å². The van der Waals surface area contributed by atoms with Crippen LogP contribution in [0.15, 0.2) is 24.3 Å². The van der Waals surface area contributed by atoms with Crippen LogP contribution in [0.5, 0.6) is 0 Å². The van der Waals surface area contributed by atoms with Crippen molar-refractivity contribution in [3.63, 3.8) is 0 Å². The number of hydrogen-bond acceptors (Lipinski definition) is 2. The minimum atomic E-state index is 0.569. The maximum Gasteiger partial charge on any atom is 0.0134 e. The molecule has 0 aromatic heterocycles. The number of nitrogens with two attached hydrogens (primary N) is 1. The molecule has 2 N–H and O–H groups in total. The molecule has 2 heteroatoms. The third kappa shape index (κ3) is 1.64. The zero-order valence-electron chi connectivity index (χ0n) is 9.94. The van der Waals surface area contributed by atoms with Crippen molar-refractivity contribution in [1.82, 2.24) is 5.01 Å². The third-order valence-corrected chi connectivity index (χ3v) is 4.96. The molecule has 0 aromatic rings.